The number of hydrogen-bond donors (Lipinski definition) is 1. The molecule has 0 unspecified atom stereocenters. The molecule has 0 amide bonds. The molecule has 0 aliphatic carbocycles. The highest BCUT2D eigenvalue weighted by Crippen LogP contribution is 2.23. The molecule has 2 aromatic rings. The van der Waals surface area contributed by atoms with Gasteiger partial charge in [-0.05, 0) is 11.5 Å². The Morgan fingerprint density at radius 3 is 2.32 bits per heavy atom. The van der Waals surface area contributed by atoms with Gasteiger partial charge in [0.15, 0.2) is 0 Å². The van der Waals surface area contributed by atoms with E-state index in [-0.39, 0.29) is 4.90 Å². The van der Waals surface area contributed by atoms with Gasteiger partial charge in [-0.25, -0.2) is 13.1 Å². The van der Waals surface area contributed by atoms with E-state index in [1.807, 2.05) is 0 Å². The quantitative estimate of drug-likeness (QED) is 0.944. The summed E-state index contributed by atoms with van der Waals surface area (Å²) in [5.74, 6) is 0. The van der Waals surface area contributed by atoms with Gasteiger partial charge in [0.05, 0.1) is 4.90 Å². The normalized spacial score (nSPS) is 12.8. The average Bonchev–Trinajstić information content (AvgIpc) is 2.35. The van der Waals surface area contributed by atoms with E-state index >= 15 is 0 Å². The molecule has 0 aromatic heterocycles. The van der Waals surface area contributed by atoms with E-state index in [0.29, 0.717) is 10.8 Å². The Kier molecular flexibility index (Phi) is 3.51. The molecule has 3 nitrogen and oxygen atoms in total. The first-order chi connectivity index (χ1) is 8.80. The zero-order valence-electron chi connectivity index (χ0n) is 9.61. The van der Waals surface area contributed by atoms with Crippen LogP contribution in [-0.2, 0) is 10.0 Å². The lowest BCUT2D eigenvalue weighted by molar-refractivity contribution is -0.121. The van der Waals surface area contributed by atoms with Gasteiger partial charge >= 0.3 is 6.18 Å². The number of hydrogen-bond acceptors (Lipinski definition) is 2. The highest BCUT2D eigenvalue weighted by atomic mass is 32.2. The number of alkyl halides is 3. The van der Waals surface area contributed by atoms with Crippen molar-refractivity contribution in [3.63, 3.8) is 0 Å². The third-order valence-corrected chi connectivity index (χ3v) is 3.96. The first-order valence-corrected chi connectivity index (χ1v) is 6.82. The van der Waals surface area contributed by atoms with Crippen molar-refractivity contribution in [3.05, 3.63) is 42.5 Å². The van der Waals surface area contributed by atoms with Crippen molar-refractivity contribution < 1.29 is 21.6 Å². The van der Waals surface area contributed by atoms with Crippen molar-refractivity contribution in [2.24, 2.45) is 0 Å². The van der Waals surface area contributed by atoms with Crippen LogP contribution in [0.4, 0.5) is 13.2 Å². The van der Waals surface area contributed by atoms with Gasteiger partial charge < -0.3 is 0 Å². The van der Waals surface area contributed by atoms with Crippen molar-refractivity contribution in [2.75, 3.05) is 6.54 Å². The molecule has 0 aliphatic heterocycles. The highest BCUT2D eigenvalue weighted by molar-refractivity contribution is 7.89. The third kappa shape index (κ3) is 3.24. The summed E-state index contributed by atoms with van der Waals surface area (Å²) in [4.78, 5) is -0.158. The van der Waals surface area contributed by atoms with E-state index in [2.05, 4.69) is 0 Å². The van der Waals surface area contributed by atoms with E-state index in [1.54, 1.807) is 35.1 Å². The number of fused-ring (bicyclic) bond motifs is 1. The summed E-state index contributed by atoms with van der Waals surface area (Å²) in [6.07, 6.45) is -4.59. The summed E-state index contributed by atoms with van der Waals surface area (Å²) in [6, 6.07) is 11.1. The van der Waals surface area contributed by atoms with Gasteiger partial charge in [0.1, 0.15) is 6.54 Å². The molecule has 0 aliphatic rings. The van der Waals surface area contributed by atoms with Gasteiger partial charge in [-0.1, -0.05) is 36.4 Å². The lowest BCUT2D eigenvalue weighted by Gasteiger charge is -2.11. The molecule has 0 atom stereocenters. The van der Waals surface area contributed by atoms with Crippen LogP contribution in [-0.4, -0.2) is 21.1 Å². The van der Waals surface area contributed by atoms with Crippen molar-refractivity contribution >= 4 is 20.8 Å². The molecule has 0 heterocycles. The van der Waals surface area contributed by atoms with Gasteiger partial charge in [-0.3, -0.25) is 0 Å². The lowest BCUT2D eigenvalue weighted by Crippen LogP contribution is -2.33. The molecule has 19 heavy (non-hydrogen) atoms. The van der Waals surface area contributed by atoms with Gasteiger partial charge in [0.25, 0.3) is 0 Å². The Labute approximate surface area is 108 Å². The Morgan fingerprint density at radius 2 is 1.63 bits per heavy atom. The van der Waals surface area contributed by atoms with Crippen molar-refractivity contribution in [2.45, 2.75) is 11.1 Å². The minimum Gasteiger partial charge on any atom is -0.207 e. The fraction of sp³-hybridized carbons (Fsp3) is 0.167. The molecule has 102 valence electrons. The summed E-state index contributed by atoms with van der Waals surface area (Å²) in [5.41, 5.74) is 0. The predicted octanol–water partition coefficient (Wildman–Crippen LogP) is 2.68. The molecule has 2 rings (SSSR count). The molecule has 0 bridgehead atoms. The van der Waals surface area contributed by atoms with Crippen LogP contribution in [0.2, 0.25) is 0 Å². The van der Waals surface area contributed by atoms with Crippen LogP contribution in [0, 0.1) is 0 Å². The molecule has 7 heteroatoms. The third-order valence-electron chi connectivity index (χ3n) is 2.50. The minimum absolute atomic E-state index is 0.158. The second-order valence-corrected chi connectivity index (χ2v) is 5.65. The van der Waals surface area contributed by atoms with E-state index in [1.165, 1.54) is 12.1 Å². The van der Waals surface area contributed by atoms with Gasteiger partial charge in [0.2, 0.25) is 10.0 Å². The second kappa shape index (κ2) is 4.82. The maximum atomic E-state index is 12.1. The van der Waals surface area contributed by atoms with Crippen molar-refractivity contribution in [3.8, 4) is 0 Å². The van der Waals surface area contributed by atoms with Crippen LogP contribution in [0.3, 0.4) is 0 Å². The zero-order valence-corrected chi connectivity index (χ0v) is 10.4. The van der Waals surface area contributed by atoms with Crippen LogP contribution in [0.15, 0.2) is 47.4 Å². The standard InChI is InChI=1S/C12H10F3NO2S/c13-12(14,15)8-16-19(17,18)11-7-3-5-9-4-1-2-6-10(9)11/h1-7,16H,8H2. The van der Waals surface area contributed by atoms with Crippen molar-refractivity contribution in [1.29, 1.82) is 0 Å². The maximum absolute atomic E-state index is 12.1. The summed E-state index contributed by atoms with van der Waals surface area (Å²) in [6.45, 7) is -1.58. The molecule has 0 spiro atoms. The number of nitrogens with one attached hydrogen (secondary N) is 1. The smallest absolute Gasteiger partial charge is 0.207 e. The SMILES string of the molecule is O=S(=O)(NCC(F)(F)F)c1cccc2ccccc12. The summed E-state index contributed by atoms with van der Waals surface area (Å²) in [7, 11) is -4.19. The van der Waals surface area contributed by atoms with Crippen LogP contribution in [0.25, 0.3) is 10.8 Å². The summed E-state index contributed by atoms with van der Waals surface area (Å²) in [5, 5.41) is 1.04. The molecule has 0 fully saturated rings. The molecular formula is C12H10F3NO2S. The molecular weight excluding hydrogens is 279 g/mol. The molecule has 2 aromatic carbocycles. The van der Waals surface area contributed by atoms with Crippen LogP contribution in [0.1, 0.15) is 0 Å². The minimum atomic E-state index is -4.59. The van der Waals surface area contributed by atoms with E-state index in [0.717, 1.165) is 0 Å². The lowest BCUT2D eigenvalue weighted by atomic mass is 10.1. The zero-order chi connectivity index (χ0) is 14.1. The largest absolute Gasteiger partial charge is 0.402 e. The van der Waals surface area contributed by atoms with E-state index in [4.69, 9.17) is 0 Å². The Balaban J connectivity index is 2.44. The van der Waals surface area contributed by atoms with Crippen LogP contribution >= 0.6 is 0 Å². The fourth-order valence-electron chi connectivity index (χ4n) is 1.68. The fourth-order valence-corrected chi connectivity index (χ4v) is 2.93. The first-order valence-electron chi connectivity index (χ1n) is 5.34. The van der Waals surface area contributed by atoms with Gasteiger partial charge in [0, 0.05) is 5.39 Å². The second-order valence-electron chi connectivity index (χ2n) is 3.92. The Bertz CT molecular complexity index is 690. The maximum Gasteiger partial charge on any atom is 0.402 e. The summed E-state index contributed by atoms with van der Waals surface area (Å²) >= 11 is 0. The van der Waals surface area contributed by atoms with E-state index in [9.17, 15) is 21.6 Å². The molecule has 0 radical (unpaired) electrons. The predicted molar refractivity (Wildman–Crippen MR) is 65.2 cm³/mol. The highest BCUT2D eigenvalue weighted by Gasteiger charge is 2.30. The van der Waals surface area contributed by atoms with Crippen LogP contribution < -0.4 is 4.72 Å². The van der Waals surface area contributed by atoms with Gasteiger partial charge in [-0.2, -0.15) is 13.2 Å². The summed E-state index contributed by atoms with van der Waals surface area (Å²) < 4.78 is 61.6. The number of halogens is 3. The molecule has 0 saturated carbocycles. The number of benzene rings is 2. The average molecular weight is 289 g/mol. The number of sulfonamides is 1. The molecule has 1 N–H and O–H groups in total. The van der Waals surface area contributed by atoms with E-state index < -0.39 is 22.7 Å². The van der Waals surface area contributed by atoms with Crippen LogP contribution in [0.5, 0.6) is 0 Å². The topological polar surface area (TPSA) is 46.2 Å². The number of rotatable bonds is 3. The molecule has 0 saturated heterocycles. The Hall–Kier alpha value is -1.60. The van der Waals surface area contributed by atoms with Gasteiger partial charge in [-0.15, -0.1) is 0 Å². The first kappa shape index (κ1) is 13.8. The van der Waals surface area contributed by atoms with Crippen molar-refractivity contribution in [1.82, 2.24) is 4.72 Å². The Morgan fingerprint density at radius 1 is 1.00 bits per heavy atom. The monoisotopic (exact) mass is 289 g/mol.